The first-order chi connectivity index (χ1) is 18.7. The summed E-state index contributed by atoms with van der Waals surface area (Å²) in [7, 11) is 2.64. The number of esters is 2. The van der Waals surface area contributed by atoms with E-state index in [9.17, 15) is 19.5 Å². The second kappa shape index (κ2) is 12.9. The highest BCUT2D eigenvalue weighted by Gasteiger charge is 2.54. The Morgan fingerprint density at radius 2 is 1.67 bits per heavy atom. The van der Waals surface area contributed by atoms with E-state index in [1.54, 1.807) is 60.7 Å². The number of aliphatic hydroxyl groups is 1. The van der Waals surface area contributed by atoms with Gasteiger partial charge in [0.25, 0.3) is 0 Å². The molecule has 0 aromatic heterocycles. The van der Waals surface area contributed by atoms with Gasteiger partial charge in [0.1, 0.15) is 23.0 Å². The normalized spacial score (nSPS) is 21.3. The van der Waals surface area contributed by atoms with Crippen molar-refractivity contribution in [2.75, 3.05) is 14.2 Å². The number of rotatable bonds is 10. The molecule has 0 bridgehead atoms. The van der Waals surface area contributed by atoms with E-state index < -0.39 is 35.2 Å². The van der Waals surface area contributed by atoms with Gasteiger partial charge in [-0.3, -0.25) is 14.4 Å². The van der Waals surface area contributed by atoms with Crippen molar-refractivity contribution in [1.82, 2.24) is 0 Å². The third-order valence-corrected chi connectivity index (χ3v) is 6.88. The molecular weight excluding hydrogens is 496 g/mol. The maximum atomic E-state index is 14.4. The lowest BCUT2D eigenvalue weighted by atomic mass is 9.71. The molecule has 204 valence electrons. The van der Waals surface area contributed by atoms with Gasteiger partial charge in [0, 0.05) is 29.6 Å². The van der Waals surface area contributed by atoms with E-state index in [-0.39, 0.29) is 41.9 Å². The van der Waals surface area contributed by atoms with Gasteiger partial charge in [-0.05, 0) is 24.8 Å². The van der Waals surface area contributed by atoms with Crippen LogP contribution in [-0.4, -0.2) is 37.0 Å². The van der Waals surface area contributed by atoms with Crippen LogP contribution in [0.2, 0.25) is 0 Å². The topological polar surface area (TPSA) is 99.1 Å². The van der Waals surface area contributed by atoms with Gasteiger partial charge in [-0.1, -0.05) is 72.8 Å². The number of ether oxygens (including phenoxy) is 3. The predicted molar refractivity (Wildman–Crippen MR) is 148 cm³/mol. The monoisotopic (exact) mass is 530 g/mol. The zero-order valence-corrected chi connectivity index (χ0v) is 22.5. The molecule has 2 aromatic rings. The van der Waals surface area contributed by atoms with E-state index in [4.69, 9.17) is 14.2 Å². The van der Waals surface area contributed by atoms with Crippen LogP contribution >= 0.6 is 0 Å². The molecule has 7 heteroatoms. The Morgan fingerprint density at radius 1 is 1.05 bits per heavy atom. The Balaban J connectivity index is 2.49. The molecule has 0 unspecified atom stereocenters. The third-order valence-electron chi connectivity index (χ3n) is 6.88. The second-order valence-electron chi connectivity index (χ2n) is 9.28. The maximum Gasteiger partial charge on any atom is 0.319 e. The van der Waals surface area contributed by atoms with Crippen LogP contribution in [0, 0.1) is 11.3 Å². The average Bonchev–Trinajstić information content (AvgIpc) is 3.05. The summed E-state index contributed by atoms with van der Waals surface area (Å²) in [6, 6.07) is 17.5. The van der Waals surface area contributed by atoms with Crippen LogP contribution in [0.15, 0.2) is 103 Å². The molecule has 39 heavy (non-hydrogen) atoms. The van der Waals surface area contributed by atoms with Gasteiger partial charge in [0.2, 0.25) is 0 Å². The van der Waals surface area contributed by atoms with Crippen LogP contribution in [-0.2, 0) is 28.6 Å². The van der Waals surface area contributed by atoms with Crippen LogP contribution < -0.4 is 0 Å². The molecule has 0 radical (unpaired) electrons. The quantitative estimate of drug-likeness (QED) is 0.172. The molecule has 0 saturated carbocycles. The summed E-state index contributed by atoms with van der Waals surface area (Å²) >= 11 is 0. The zero-order chi connectivity index (χ0) is 28.6. The van der Waals surface area contributed by atoms with E-state index in [0.29, 0.717) is 11.1 Å². The molecule has 0 saturated heterocycles. The van der Waals surface area contributed by atoms with Crippen molar-refractivity contribution >= 4 is 23.5 Å². The molecule has 2 aromatic carbocycles. The Bertz CT molecular complexity index is 1290. The van der Waals surface area contributed by atoms with Gasteiger partial charge >= 0.3 is 11.9 Å². The first-order valence-electron chi connectivity index (χ1n) is 12.6. The Hall–Kier alpha value is -4.39. The molecule has 0 fully saturated rings. The average molecular weight is 531 g/mol. The molecule has 1 aliphatic carbocycles. The zero-order valence-electron chi connectivity index (χ0n) is 22.5. The number of carbonyl (C=O) groups excluding carboxylic acids is 3. The highest BCUT2D eigenvalue weighted by atomic mass is 16.5. The molecule has 0 heterocycles. The van der Waals surface area contributed by atoms with Crippen LogP contribution in [0.25, 0.3) is 5.76 Å². The Kier molecular flexibility index (Phi) is 9.66. The first kappa shape index (κ1) is 29.2. The molecule has 0 spiro atoms. The number of aliphatic hydroxyl groups excluding tert-OH is 1. The molecule has 0 aliphatic heterocycles. The summed E-state index contributed by atoms with van der Waals surface area (Å²) in [6.45, 7) is 8.91. The van der Waals surface area contributed by atoms with Crippen molar-refractivity contribution in [3.05, 3.63) is 114 Å². The van der Waals surface area contributed by atoms with Crippen molar-refractivity contribution in [2.45, 2.75) is 32.3 Å². The summed E-state index contributed by atoms with van der Waals surface area (Å²) in [6.07, 6.45) is 2.09. The highest BCUT2D eigenvalue weighted by Crippen LogP contribution is 2.52. The summed E-state index contributed by atoms with van der Waals surface area (Å²) < 4.78 is 16.9. The van der Waals surface area contributed by atoms with E-state index in [2.05, 4.69) is 13.2 Å². The van der Waals surface area contributed by atoms with Crippen LogP contribution in [0.1, 0.15) is 43.4 Å². The van der Waals surface area contributed by atoms with Crippen molar-refractivity contribution in [3.8, 4) is 0 Å². The minimum Gasteiger partial charge on any atom is -0.507 e. The molecule has 3 atom stereocenters. The van der Waals surface area contributed by atoms with Gasteiger partial charge in [0.05, 0.1) is 14.2 Å². The number of hydrogen-bond acceptors (Lipinski definition) is 7. The number of benzene rings is 2. The fourth-order valence-corrected chi connectivity index (χ4v) is 5.32. The van der Waals surface area contributed by atoms with Crippen molar-refractivity contribution in [1.29, 1.82) is 0 Å². The van der Waals surface area contributed by atoms with E-state index in [0.717, 1.165) is 0 Å². The molecule has 3 rings (SSSR count). The third kappa shape index (κ3) is 5.87. The van der Waals surface area contributed by atoms with Crippen LogP contribution in [0.4, 0.5) is 0 Å². The first-order valence-corrected chi connectivity index (χ1v) is 12.6. The van der Waals surface area contributed by atoms with E-state index in [1.807, 2.05) is 6.07 Å². The second-order valence-corrected chi connectivity index (χ2v) is 9.28. The summed E-state index contributed by atoms with van der Waals surface area (Å²) in [5.74, 6) is -2.92. The van der Waals surface area contributed by atoms with E-state index in [1.165, 1.54) is 27.2 Å². The lowest BCUT2D eigenvalue weighted by molar-refractivity contribution is -0.155. The number of hydrogen-bond donors (Lipinski definition) is 1. The number of allylic oxidation sites excluding steroid dienone is 3. The number of ketones is 1. The van der Waals surface area contributed by atoms with Gasteiger partial charge in [-0.25, -0.2) is 0 Å². The molecule has 0 amide bonds. The van der Waals surface area contributed by atoms with Crippen molar-refractivity contribution in [3.63, 3.8) is 0 Å². The van der Waals surface area contributed by atoms with Gasteiger partial charge < -0.3 is 19.3 Å². The highest BCUT2D eigenvalue weighted by molar-refractivity contribution is 6.14. The van der Waals surface area contributed by atoms with E-state index >= 15 is 0 Å². The fraction of sp³-hybridized carbons (Fsp3) is 0.281. The predicted octanol–water partition coefficient (Wildman–Crippen LogP) is 6.06. The summed E-state index contributed by atoms with van der Waals surface area (Å²) in [5, 5.41) is 11.7. The lowest BCUT2D eigenvalue weighted by Crippen LogP contribution is -2.38. The number of methoxy groups -OCH3 is 2. The maximum absolute atomic E-state index is 14.4. The van der Waals surface area contributed by atoms with Crippen molar-refractivity contribution < 1.29 is 33.7 Å². The Labute approximate surface area is 229 Å². The minimum absolute atomic E-state index is 0.00227. The fourth-order valence-electron chi connectivity index (χ4n) is 5.32. The lowest BCUT2D eigenvalue weighted by Gasteiger charge is -2.36. The number of carbonyl (C=O) groups is 3. The van der Waals surface area contributed by atoms with Gasteiger partial charge in [-0.2, -0.15) is 0 Å². The Morgan fingerprint density at radius 3 is 2.18 bits per heavy atom. The summed E-state index contributed by atoms with van der Waals surface area (Å²) in [4.78, 5) is 40.5. The smallest absolute Gasteiger partial charge is 0.319 e. The standard InChI is InChI=1S/C32H34O7/c1-6-14-24-28(35)26(27(34)22-15-10-8-11-16-22)25(29(39-21(3)33)23-17-12-9-13-18-23)20-32(19-7-2,30(24)37-4)31(36)38-5/h6-13,15-18,25,29,34H,1-2,14,19-20H2,3-5H3/b27-26+/t25-,29-,32-/m1/s1. The number of Topliss-reactive ketones (excluding diaryl/α,β-unsaturated/α-hetero) is 1. The van der Waals surface area contributed by atoms with Crippen LogP contribution in [0.3, 0.4) is 0 Å². The van der Waals surface area contributed by atoms with Crippen LogP contribution in [0.5, 0.6) is 0 Å². The molecule has 1 aliphatic rings. The molecular formula is C32H34O7. The van der Waals surface area contributed by atoms with Crippen molar-refractivity contribution in [2.24, 2.45) is 11.3 Å². The molecule has 7 nitrogen and oxygen atoms in total. The molecule has 1 N–H and O–H groups in total. The van der Waals surface area contributed by atoms with Gasteiger partial charge in [0.15, 0.2) is 5.78 Å². The largest absolute Gasteiger partial charge is 0.507 e. The summed E-state index contributed by atoms with van der Waals surface area (Å²) in [5.41, 5.74) is -0.374. The van der Waals surface area contributed by atoms with Gasteiger partial charge in [-0.15, -0.1) is 13.2 Å². The minimum atomic E-state index is -1.50. The SMILES string of the molecule is C=CCC1=C(OC)[C@](CC=C)(C(=O)OC)C[C@@H]([C@H](OC(C)=O)c2ccccc2)/C(=C(\O)c2ccccc2)C1=O.